The van der Waals surface area contributed by atoms with Gasteiger partial charge in [0.15, 0.2) is 0 Å². The molecular weight excluding hydrogens is 474 g/mol. The maximum Gasteiger partial charge on any atom is 0.253 e. The normalized spacial score (nSPS) is 17.3. The van der Waals surface area contributed by atoms with Crippen LogP contribution in [0.2, 0.25) is 0 Å². The molecule has 2 aromatic heterocycles. The van der Waals surface area contributed by atoms with Crippen LogP contribution < -0.4 is 4.74 Å². The second kappa shape index (κ2) is 9.66. The van der Waals surface area contributed by atoms with Gasteiger partial charge in [0.25, 0.3) is 5.91 Å². The Morgan fingerprint density at radius 2 is 1.89 bits per heavy atom. The van der Waals surface area contributed by atoms with Crippen molar-refractivity contribution in [3.63, 3.8) is 0 Å². The molecule has 2 aliphatic rings. The van der Waals surface area contributed by atoms with Crippen molar-refractivity contribution in [3.05, 3.63) is 90.1 Å². The van der Waals surface area contributed by atoms with E-state index in [1.165, 1.54) is 11.8 Å². The summed E-state index contributed by atoms with van der Waals surface area (Å²) in [6.45, 7) is 0. The van der Waals surface area contributed by atoms with Gasteiger partial charge in [0, 0.05) is 12.3 Å². The van der Waals surface area contributed by atoms with E-state index >= 15 is 0 Å². The Kier molecular flexibility index (Phi) is 6.06. The van der Waals surface area contributed by atoms with E-state index in [-0.39, 0.29) is 17.7 Å². The highest BCUT2D eigenvalue weighted by molar-refractivity contribution is 7.99. The summed E-state index contributed by atoms with van der Waals surface area (Å²) >= 11 is 1.34. The van der Waals surface area contributed by atoms with E-state index in [1.807, 2.05) is 71.4 Å². The fourth-order valence-corrected chi connectivity index (χ4v) is 5.01. The van der Waals surface area contributed by atoms with Crippen molar-refractivity contribution < 1.29 is 13.9 Å². The summed E-state index contributed by atoms with van der Waals surface area (Å²) in [7, 11) is 1.64. The molecule has 6 rings (SSSR count). The molecule has 1 aliphatic carbocycles. The van der Waals surface area contributed by atoms with Gasteiger partial charge in [0.05, 0.1) is 30.5 Å². The minimum atomic E-state index is -0.290. The molecule has 1 saturated carbocycles. The number of aromatic nitrogens is 3. The van der Waals surface area contributed by atoms with Gasteiger partial charge in [-0.15, -0.1) is 5.10 Å². The summed E-state index contributed by atoms with van der Waals surface area (Å²) in [6, 6.07) is 21.1. The highest BCUT2D eigenvalue weighted by atomic mass is 32.2. The molecule has 1 unspecified atom stereocenters. The number of nitrogens with zero attached hydrogens (tertiary/aromatic N) is 5. The van der Waals surface area contributed by atoms with Crippen molar-refractivity contribution in [2.75, 3.05) is 12.9 Å². The van der Waals surface area contributed by atoms with E-state index in [2.05, 4.69) is 0 Å². The third-order valence-electron chi connectivity index (χ3n) is 6.34. The minimum absolute atomic E-state index is 0.117. The molecule has 1 fully saturated rings. The monoisotopic (exact) mass is 499 g/mol. The number of ether oxygens (including phenoxy) is 1. The van der Waals surface area contributed by atoms with Crippen molar-refractivity contribution in [1.29, 1.82) is 0 Å². The number of para-hydroxylation sites is 1. The number of carbonyl (C=O) groups excluding carboxylic acids is 1. The lowest BCUT2D eigenvalue weighted by Crippen LogP contribution is -2.28. The number of hydrazone groups is 1. The van der Waals surface area contributed by atoms with Crippen molar-refractivity contribution in [1.82, 2.24) is 19.8 Å². The predicted octanol–water partition coefficient (Wildman–Crippen LogP) is 5.22. The van der Waals surface area contributed by atoms with Crippen molar-refractivity contribution >= 4 is 23.4 Å². The van der Waals surface area contributed by atoms with Crippen LogP contribution >= 0.6 is 11.8 Å². The molecule has 0 saturated heterocycles. The maximum absolute atomic E-state index is 13.4. The van der Waals surface area contributed by atoms with Crippen LogP contribution in [-0.4, -0.2) is 44.3 Å². The number of amides is 1. The number of rotatable bonds is 8. The van der Waals surface area contributed by atoms with E-state index in [4.69, 9.17) is 24.3 Å². The summed E-state index contributed by atoms with van der Waals surface area (Å²) in [6.07, 6.45) is 4.44. The summed E-state index contributed by atoms with van der Waals surface area (Å²) < 4.78 is 12.8. The number of methoxy groups -OCH3 is 1. The highest BCUT2D eigenvalue weighted by Gasteiger charge is 2.35. The maximum atomic E-state index is 13.4. The predicted molar refractivity (Wildman–Crippen MR) is 137 cm³/mol. The zero-order chi connectivity index (χ0) is 24.5. The van der Waals surface area contributed by atoms with Crippen molar-refractivity contribution in [2.24, 2.45) is 5.10 Å². The number of benzene rings is 2. The van der Waals surface area contributed by atoms with Crippen molar-refractivity contribution in [3.8, 4) is 11.4 Å². The summed E-state index contributed by atoms with van der Waals surface area (Å²) in [5.74, 6) is 2.95. The smallest absolute Gasteiger partial charge is 0.253 e. The molecular formula is C27H25N5O3S. The van der Waals surface area contributed by atoms with Gasteiger partial charge in [-0.05, 0) is 66.9 Å². The average molecular weight is 500 g/mol. The first-order valence-electron chi connectivity index (χ1n) is 11.9. The Morgan fingerprint density at radius 3 is 2.58 bits per heavy atom. The Morgan fingerprint density at radius 1 is 1.08 bits per heavy atom. The summed E-state index contributed by atoms with van der Waals surface area (Å²) in [4.78, 5) is 18.2. The van der Waals surface area contributed by atoms with E-state index in [0.717, 1.165) is 41.4 Å². The second-order valence-corrected chi connectivity index (χ2v) is 9.75. The molecule has 8 nitrogen and oxygen atoms in total. The van der Waals surface area contributed by atoms with Crippen LogP contribution in [0.1, 0.15) is 48.4 Å². The van der Waals surface area contributed by atoms with Gasteiger partial charge in [-0.25, -0.2) is 14.7 Å². The SMILES string of the molecule is COc1ccc(C2=NN(C(=O)CSc3nc(C4CC4)n(-c4ccccc4)n3)C(c3ccco3)C2)cc1. The number of hydrogen-bond acceptors (Lipinski definition) is 7. The Bertz CT molecular complexity index is 1380. The minimum Gasteiger partial charge on any atom is -0.497 e. The molecule has 9 heteroatoms. The number of thioether (sulfide) groups is 1. The van der Waals surface area contributed by atoms with Gasteiger partial charge in [0.2, 0.25) is 5.16 Å². The van der Waals surface area contributed by atoms with Gasteiger partial charge in [-0.1, -0.05) is 30.0 Å². The molecule has 0 N–H and O–H groups in total. The van der Waals surface area contributed by atoms with Crippen molar-refractivity contribution in [2.45, 2.75) is 36.4 Å². The van der Waals surface area contributed by atoms with Crippen LogP contribution in [0.4, 0.5) is 0 Å². The molecule has 0 spiro atoms. The lowest BCUT2D eigenvalue weighted by molar-refractivity contribution is -0.130. The van der Waals surface area contributed by atoms with E-state index in [0.29, 0.717) is 23.3 Å². The van der Waals surface area contributed by atoms with Gasteiger partial charge >= 0.3 is 0 Å². The number of furan rings is 1. The van der Waals surface area contributed by atoms with Gasteiger partial charge in [-0.2, -0.15) is 5.10 Å². The molecule has 3 heterocycles. The zero-order valence-corrected chi connectivity index (χ0v) is 20.6. The second-order valence-electron chi connectivity index (χ2n) is 8.81. The van der Waals surface area contributed by atoms with Crippen LogP contribution in [0.5, 0.6) is 5.75 Å². The van der Waals surface area contributed by atoms with Crippen LogP contribution in [-0.2, 0) is 4.79 Å². The van der Waals surface area contributed by atoms with Crippen LogP contribution in [0.15, 0.2) is 87.7 Å². The van der Waals surface area contributed by atoms with Gasteiger partial charge in [-0.3, -0.25) is 4.79 Å². The lowest BCUT2D eigenvalue weighted by Gasteiger charge is -2.19. The topological polar surface area (TPSA) is 85.8 Å². The first kappa shape index (κ1) is 22.6. The molecule has 4 aromatic rings. The number of hydrogen-bond donors (Lipinski definition) is 0. The Balaban J connectivity index is 1.22. The zero-order valence-electron chi connectivity index (χ0n) is 19.8. The Labute approximate surface area is 213 Å². The highest BCUT2D eigenvalue weighted by Crippen LogP contribution is 2.40. The van der Waals surface area contributed by atoms with E-state index < -0.39 is 0 Å². The molecule has 36 heavy (non-hydrogen) atoms. The van der Waals surface area contributed by atoms with Gasteiger partial charge in [0.1, 0.15) is 23.4 Å². The number of carbonyl (C=O) groups is 1. The van der Waals surface area contributed by atoms with E-state index in [9.17, 15) is 4.79 Å². The quantitative estimate of drug-likeness (QED) is 0.309. The largest absolute Gasteiger partial charge is 0.497 e. The molecule has 1 atom stereocenters. The van der Waals surface area contributed by atoms with Crippen LogP contribution in [0.3, 0.4) is 0 Å². The Hall–Kier alpha value is -3.85. The molecule has 2 aromatic carbocycles. The molecule has 1 aliphatic heterocycles. The molecule has 1 amide bonds. The van der Waals surface area contributed by atoms with Gasteiger partial charge < -0.3 is 9.15 Å². The fraction of sp³-hybridized carbons (Fsp3) is 0.259. The molecule has 0 radical (unpaired) electrons. The first-order valence-corrected chi connectivity index (χ1v) is 12.9. The standard InChI is InChI=1S/C27H25N5O3S/c1-34-21-13-11-18(12-14-21)22-16-23(24-8-5-15-35-24)32(29-22)25(33)17-36-27-28-26(19-9-10-19)31(30-27)20-6-3-2-4-7-20/h2-8,11-15,19,23H,9-10,16-17H2,1H3. The third-order valence-corrected chi connectivity index (χ3v) is 7.16. The first-order chi connectivity index (χ1) is 17.7. The van der Waals surface area contributed by atoms with E-state index in [1.54, 1.807) is 18.4 Å². The van der Waals surface area contributed by atoms with Crippen LogP contribution in [0.25, 0.3) is 5.69 Å². The molecule has 182 valence electrons. The average Bonchev–Trinajstić information content (AvgIpc) is 3.30. The summed E-state index contributed by atoms with van der Waals surface area (Å²) in [5.41, 5.74) is 2.77. The third kappa shape index (κ3) is 4.54. The summed E-state index contributed by atoms with van der Waals surface area (Å²) in [5, 5.41) is 11.6. The lowest BCUT2D eigenvalue weighted by atomic mass is 10.0. The fourth-order valence-electron chi connectivity index (χ4n) is 4.32. The van der Waals surface area contributed by atoms with Crippen LogP contribution in [0, 0.1) is 0 Å². The molecule has 0 bridgehead atoms.